The third-order valence-corrected chi connectivity index (χ3v) is 3.77. The maximum atomic E-state index is 11.8. The molecule has 1 fully saturated rings. The highest BCUT2D eigenvalue weighted by atomic mass is 16.5. The fourth-order valence-corrected chi connectivity index (χ4v) is 2.67. The van der Waals surface area contributed by atoms with Gasteiger partial charge >= 0.3 is 5.97 Å². The van der Waals surface area contributed by atoms with Gasteiger partial charge in [0, 0.05) is 6.04 Å². The Morgan fingerprint density at radius 1 is 1.38 bits per heavy atom. The van der Waals surface area contributed by atoms with Gasteiger partial charge in [-0.15, -0.1) is 0 Å². The number of carbonyl (C=O) groups excluding carboxylic acids is 1. The average Bonchev–Trinajstić information content (AvgIpc) is 2.87. The summed E-state index contributed by atoms with van der Waals surface area (Å²) in [4.78, 5) is 22.9. The van der Waals surface area contributed by atoms with E-state index in [4.69, 9.17) is 9.84 Å². The zero-order valence-electron chi connectivity index (χ0n) is 12.2. The minimum absolute atomic E-state index is 0.152. The van der Waals surface area contributed by atoms with Crippen molar-refractivity contribution in [3.05, 3.63) is 29.8 Å². The number of carboxylic acid groups (broad SMARTS) is 1. The summed E-state index contributed by atoms with van der Waals surface area (Å²) in [5.74, 6) is -0.687. The van der Waals surface area contributed by atoms with E-state index in [0.29, 0.717) is 13.0 Å². The molecule has 0 aromatic heterocycles. The van der Waals surface area contributed by atoms with E-state index >= 15 is 0 Å². The zero-order valence-corrected chi connectivity index (χ0v) is 12.2. The maximum absolute atomic E-state index is 11.8. The van der Waals surface area contributed by atoms with Crippen LogP contribution < -0.4 is 10.1 Å². The predicted octanol–water partition coefficient (Wildman–Crippen LogP) is 2.13. The van der Waals surface area contributed by atoms with Crippen LogP contribution in [0.4, 0.5) is 0 Å². The highest BCUT2D eigenvalue weighted by Crippen LogP contribution is 2.25. The first-order valence-electron chi connectivity index (χ1n) is 7.28. The summed E-state index contributed by atoms with van der Waals surface area (Å²) in [7, 11) is 0. The Kier molecular flexibility index (Phi) is 5.20. The van der Waals surface area contributed by atoms with E-state index in [9.17, 15) is 9.59 Å². The Hall–Kier alpha value is -2.04. The van der Waals surface area contributed by atoms with E-state index in [-0.39, 0.29) is 18.4 Å². The molecule has 1 amide bonds. The Balaban J connectivity index is 1.74. The molecule has 2 N–H and O–H groups in total. The number of carboxylic acids is 1. The Labute approximate surface area is 124 Å². The Morgan fingerprint density at radius 2 is 2.19 bits per heavy atom. The van der Waals surface area contributed by atoms with Crippen LogP contribution in [0.5, 0.6) is 5.75 Å². The van der Waals surface area contributed by atoms with Crippen LogP contribution in [0, 0.1) is 12.8 Å². The van der Waals surface area contributed by atoms with Crippen LogP contribution in [0.25, 0.3) is 0 Å². The summed E-state index contributed by atoms with van der Waals surface area (Å²) < 4.78 is 5.52. The van der Waals surface area contributed by atoms with Crippen LogP contribution in [0.1, 0.15) is 31.2 Å². The van der Waals surface area contributed by atoms with Crippen molar-refractivity contribution in [2.24, 2.45) is 5.92 Å². The lowest BCUT2D eigenvalue weighted by Crippen LogP contribution is -2.40. The standard InChI is InChI=1S/C16H21NO4/c1-11-4-2-5-12(10-11)21-9-8-15(18)17-14-7-3-6-13(14)16(19)20/h2,4-5,10,13-14H,3,6-9H2,1H3,(H,17,18)(H,19,20). The average molecular weight is 291 g/mol. The minimum atomic E-state index is -0.825. The van der Waals surface area contributed by atoms with E-state index in [0.717, 1.165) is 24.2 Å². The molecular weight excluding hydrogens is 270 g/mol. The fraction of sp³-hybridized carbons (Fsp3) is 0.500. The number of aryl methyl sites for hydroxylation is 1. The van der Waals surface area contributed by atoms with Gasteiger partial charge in [-0.25, -0.2) is 0 Å². The summed E-state index contributed by atoms with van der Waals surface area (Å²) in [6.07, 6.45) is 2.46. The molecule has 0 aliphatic heterocycles. The Bertz CT molecular complexity index is 515. The zero-order chi connectivity index (χ0) is 15.2. The summed E-state index contributed by atoms with van der Waals surface area (Å²) >= 11 is 0. The van der Waals surface area contributed by atoms with Crippen molar-refractivity contribution in [1.82, 2.24) is 5.32 Å². The molecule has 5 nitrogen and oxygen atoms in total. The van der Waals surface area contributed by atoms with E-state index in [1.165, 1.54) is 0 Å². The van der Waals surface area contributed by atoms with Crippen LogP contribution in [0.3, 0.4) is 0 Å². The van der Waals surface area contributed by atoms with E-state index in [2.05, 4.69) is 5.32 Å². The molecule has 1 saturated carbocycles. The predicted molar refractivity (Wildman–Crippen MR) is 78.2 cm³/mol. The molecule has 2 rings (SSSR count). The highest BCUT2D eigenvalue weighted by Gasteiger charge is 2.33. The number of hydrogen-bond acceptors (Lipinski definition) is 3. The number of nitrogens with one attached hydrogen (secondary N) is 1. The molecule has 5 heteroatoms. The summed E-state index contributed by atoms with van der Waals surface area (Å²) in [5, 5.41) is 11.9. The van der Waals surface area contributed by atoms with Crippen LogP contribution in [-0.2, 0) is 9.59 Å². The lowest BCUT2D eigenvalue weighted by Gasteiger charge is -2.17. The number of amides is 1. The van der Waals surface area contributed by atoms with E-state index < -0.39 is 11.9 Å². The number of benzene rings is 1. The third-order valence-electron chi connectivity index (χ3n) is 3.77. The molecule has 2 atom stereocenters. The number of ether oxygens (including phenoxy) is 1. The monoisotopic (exact) mass is 291 g/mol. The fourth-order valence-electron chi connectivity index (χ4n) is 2.67. The van der Waals surface area contributed by atoms with Gasteiger partial charge in [0.25, 0.3) is 0 Å². The molecule has 2 unspecified atom stereocenters. The van der Waals surface area contributed by atoms with Crippen molar-refractivity contribution < 1.29 is 19.4 Å². The van der Waals surface area contributed by atoms with Gasteiger partial charge in [-0.3, -0.25) is 9.59 Å². The molecule has 0 radical (unpaired) electrons. The van der Waals surface area contributed by atoms with Gasteiger partial charge < -0.3 is 15.2 Å². The molecule has 1 aromatic rings. The van der Waals surface area contributed by atoms with E-state index in [1.54, 1.807) is 0 Å². The molecule has 114 valence electrons. The van der Waals surface area contributed by atoms with Gasteiger partial charge in [0.2, 0.25) is 5.91 Å². The van der Waals surface area contributed by atoms with Crippen molar-refractivity contribution in [2.75, 3.05) is 6.61 Å². The lowest BCUT2D eigenvalue weighted by molar-refractivity contribution is -0.142. The summed E-state index contributed by atoms with van der Waals surface area (Å²) in [6.45, 7) is 2.27. The topological polar surface area (TPSA) is 75.6 Å². The van der Waals surface area contributed by atoms with Gasteiger partial charge in [0.15, 0.2) is 0 Å². The lowest BCUT2D eigenvalue weighted by atomic mass is 10.0. The van der Waals surface area contributed by atoms with Gasteiger partial charge in [-0.05, 0) is 37.5 Å². The first-order valence-corrected chi connectivity index (χ1v) is 7.28. The first kappa shape index (κ1) is 15.4. The molecule has 1 aromatic carbocycles. The van der Waals surface area contributed by atoms with Gasteiger partial charge in [-0.1, -0.05) is 18.6 Å². The Morgan fingerprint density at radius 3 is 2.90 bits per heavy atom. The molecule has 0 heterocycles. The molecule has 1 aliphatic rings. The SMILES string of the molecule is Cc1cccc(OCCC(=O)NC2CCCC2C(=O)O)c1. The number of carbonyl (C=O) groups is 2. The van der Waals surface area contributed by atoms with Crippen molar-refractivity contribution in [3.63, 3.8) is 0 Å². The second-order valence-corrected chi connectivity index (χ2v) is 5.46. The first-order chi connectivity index (χ1) is 10.1. The van der Waals surface area contributed by atoms with Crippen molar-refractivity contribution in [2.45, 2.75) is 38.6 Å². The second-order valence-electron chi connectivity index (χ2n) is 5.46. The molecule has 0 spiro atoms. The van der Waals surface area contributed by atoms with Crippen LogP contribution in [-0.4, -0.2) is 29.6 Å². The minimum Gasteiger partial charge on any atom is -0.493 e. The maximum Gasteiger partial charge on any atom is 0.308 e. The number of hydrogen-bond donors (Lipinski definition) is 2. The van der Waals surface area contributed by atoms with Gasteiger partial charge in [0.05, 0.1) is 18.9 Å². The quantitative estimate of drug-likeness (QED) is 0.842. The molecule has 0 bridgehead atoms. The van der Waals surface area contributed by atoms with Crippen molar-refractivity contribution in [3.8, 4) is 5.75 Å². The molecule has 0 saturated heterocycles. The highest BCUT2D eigenvalue weighted by molar-refractivity contribution is 5.78. The van der Waals surface area contributed by atoms with Gasteiger partial charge in [0.1, 0.15) is 5.75 Å². The molecule has 1 aliphatic carbocycles. The van der Waals surface area contributed by atoms with E-state index in [1.807, 2.05) is 31.2 Å². The normalized spacial score (nSPS) is 21.0. The number of aliphatic carboxylic acids is 1. The van der Waals surface area contributed by atoms with Crippen LogP contribution in [0.15, 0.2) is 24.3 Å². The van der Waals surface area contributed by atoms with Crippen LogP contribution >= 0.6 is 0 Å². The second kappa shape index (κ2) is 7.11. The summed E-state index contributed by atoms with van der Waals surface area (Å²) in [6, 6.07) is 7.40. The van der Waals surface area contributed by atoms with Crippen molar-refractivity contribution in [1.29, 1.82) is 0 Å². The van der Waals surface area contributed by atoms with Crippen molar-refractivity contribution >= 4 is 11.9 Å². The number of rotatable bonds is 6. The smallest absolute Gasteiger partial charge is 0.308 e. The van der Waals surface area contributed by atoms with Crippen LogP contribution in [0.2, 0.25) is 0 Å². The largest absolute Gasteiger partial charge is 0.493 e. The molecule has 21 heavy (non-hydrogen) atoms. The molecular formula is C16H21NO4. The van der Waals surface area contributed by atoms with Gasteiger partial charge in [-0.2, -0.15) is 0 Å². The summed E-state index contributed by atoms with van der Waals surface area (Å²) in [5.41, 5.74) is 1.10. The third kappa shape index (κ3) is 4.48.